The summed E-state index contributed by atoms with van der Waals surface area (Å²) in [6, 6.07) is 11.1. The van der Waals surface area contributed by atoms with Gasteiger partial charge in [0, 0.05) is 10.9 Å². The first-order valence-electron chi connectivity index (χ1n) is 9.58. The predicted molar refractivity (Wildman–Crippen MR) is 127 cm³/mol. The number of fused-ring (bicyclic) bond motifs is 1. The zero-order valence-electron chi connectivity index (χ0n) is 17.0. The summed E-state index contributed by atoms with van der Waals surface area (Å²) in [6.45, 7) is 3.95. The minimum atomic E-state index is -0.248. The summed E-state index contributed by atoms with van der Waals surface area (Å²) in [4.78, 5) is 20.7. The predicted octanol–water partition coefficient (Wildman–Crippen LogP) is 5.90. The van der Waals surface area contributed by atoms with Crippen molar-refractivity contribution in [2.24, 2.45) is 0 Å². The highest BCUT2D eigenvalue weighted by Gasteiger charge is 2.22. The molecule has 4 rings (SSSR count). The van der Waals surface area contributed by atoms with Crippen molar-refractivity contribution in [3.63, 3.8) is 0 Å². The van der Waals surface area contributed by atoms with Crippen LogP contribution in [0.15, 0.2) is 45.7 Å². The number of benzene rings is 2. The van der Waals surface area contributed by atoms with E-state index in [1.165, 1.54) is 0 Å². The second-order valence-electron chi connectivity index (χ2n) is 7.41. The number of hydrogen-bond acceptors (Lipinski definition) is 4. The van der Waals surface area contributed by atoms with Gasteiger partial charge in [-0.25, -0.2) is 9.67 Å². The third kappa shape index (κ3) is 4.22. The molecule has 0 bridgehead atoms. The van der Waals surface area contributed by atoms with E-state index < -0.39 is 0 Å². The van der Waals surface area contributed by atoms with E-state index in [1.807, 2.05) is 38.1 Å². The highest BCUT2D eigenvalue weighted by Crippen LogP contribution is 2.34. The van der Waals surface area contributed by atoms with E-state index in [4.69, 9.17) is 32.9 Å². The average molecular weight is 522 g/mol. The van der Waals surface area contributed by atoms with Gasteiger partial charge in [0.2, 0.25) is 0 Å². The number of ether oxygens (including phenoxy) is 1. The van der Waals surface area contributed by atoms with Crippen LogP contribution in [0.25, 0.3) is 16.7 Å². The van der Waals surface area contributed by atoms with Gasteiger partial charge in [0.15, 0.2) is 5.65 Å². The molecule has 4 aromatic rings. The van der Waals surface area contributed by atoms with Gasteiger partial charge in [-0.15, -0.1) is 0 Å². The SMILES string of the molecule is COc1cccc(Cc2nc3c(c(C(C)C)nn3-c3c(Cl)cc(Br)cc3Cl)c(=O)[nH]2)c1. The first kappa shape index (κ1) is 21.9. The second-order valence-corrected chi connectivity index (χ2v) is 9.14. The normalized spacial score (nSPS) is 11.5. The molecule has 0 atom stereocenters. The fraction of sp³-hybridized carbons (Fsp3) is 0.227. The van der Waals surface area contributed by atoms with E-state index in [0.717, 1.165) is 15.8 Å². The molecule has 1 N–H and O–H groups in total. The molecule has 2 heterocycles. The Morgan fingerprint density at radius 3 is 2.55 bits per heavy atom. The maximum Gasteiger partial charge on any atom is 0.262 e. The number of methoxy groups -OCH3 is 1. The molecule has 2 aromatic heterocycles. The number of nitrogens with zero attached hydrogens (tertiary/aromatic N) is 3. The van der Waals surface area contributed by atoms with Crippen molar-refractivity contribution < 1.29 is 4.74 Å². The van der Waals surface area contributed by atoms with Crippen LogP contribution in [-0.4, -0.2) is 26.9 Å². The summed E-state index contributed by atoms with van der Waals surface area (Å²) in [5, 5.41) is 5.90. The van der Waals surface area contributed by atoms with Crippen LogP contribution in [-0.2, 0) is 6.42 Å². The van der Waals surface area contributed by atoms with Gasteiger partial charge in [-0.1, -0.05) is 65.1 Å². The van der Waals surface area contributed by atoms with Crippen molar-refractivity contribution in [2.75, 3.05) is 7.11 Å². The molecule has 0 aliphatic heterocycles. The third-order valence-electron chi connectivity index (χ3n) is 4.86. The van der Waals surface area contributed by atoms with Crippen LogP contribution in [0.3, 0.4) is 0 Å². The molecular weight excluding hydrogens is 503 g/mol. The Morgan fingerprint density at radius 2 is 1.90 bits per heavy atom. The lowest BCUT2D eigenvalue weighted by Crippen LogP contribution is -2.14. The fourth-order valence-electron chi connectivity index (χ4n) is 3.45. The van der Waals surface area contributed by atoms with Gasteiger partial charge >= 0.3 is 0 Å². The number of rotatable bonds is 5. The van der Waals surface area contributed by atoms with Gasteiger partial charge < -0.3 is 9.72 Å². The molecular formula is C22H19BrCl2N4O2. The van der Waals surface area contributed by atoms with E-state index in [2.05, 4.69) is 26.0 Å². The molecule has 0 amide bonds. The molecule has 0 spiro atoms. The molecule has 0 saturated heterocycles. The smallest absolute Gasteiger partial charge is 0.262 e. The molecule has 160 valence electrons. The highest BCUT2D eigenvalue weighted by molar-refractivity contribution is 9.10. The molecule has 9 heteroatoms. The number of aromatic nitrogens is 4. The average Bonchev–Trinajstić information content (AvgIpc) is 3.07. The van der Waals surface area contributed by atoms with Gasteiger partial charge in [0.1, 0.15) is 22.6 Å². The molecule has 0 aliphatic carbocycles. The zero-order valence-corrected chi connectivity index (χ0v) is 20.1. The van der Waals surface area contributed by atoms with Crippen LogP contribution in [0.5, 0.6) is 5.75 Å². The molecule has 0 radical (unpaired) electrons. The quantitative estimate of drug-likeness (QED) is 0.354. The Labute approximate surface area is 197 Å². The summed E-state index contributed by atoms with van der Waals surface area (Å²) in [5.74, 6) is 1.25. The largest absolute Gasteiger partial charge is 0.497 e. The maximum atomic E-state index is 13.1. The third-order valence-corrected chi connectivity index (χ3v) is 5.89. The van der Waals surface area contributed by atoms with Crippen LogP contribution < -0.4 is 10.3 Å². The Kier molecular flexibility index (Phi) is 6.10. The fourth-order valence-corrected chi connectivity index (χ4v) is 4.82. The van der Waals surface area contributed by atoms with Crippen LogP contribution in [0.1, 0.15) is 36.8 Å². The van der Waals surface area contributed by atoms with Crippen LogP contribution in [0.4, 0.5) is 0 Å². The van der Waals surface area contributed by atoms with Gasteiger partial charge in [-0.05, 0) is 35.7 Å². The van der Waals surface area contributed by atoms with E-state index in [1.54, 1.807) is 23.9 Å². The van der Waals surface area contributed by atoms with Gasteiger partial charge in [0.05, 0.1) is 22.8 Å². The van der Waals surface area contributed by atoms with Crippen molar-refractivity contribution in [3.8, 4) is 11.4 Å². The lowest BCUT2D eigenvalue weighted by molar-refractivity contribution is 0.414. The lowest BCUT2D eigenvalue weighted by atomic mass is 10.1. The topological polar surface area (TPSA) is 72.8 Å². The number of H-pyrrole nitrogens is 1. The van der Waals surface area contributed by atoms with Crippen molar-refractivity contribution in [3.05, 3.63) is 78.4 Å². The maximum absolute atomic E-state index is 13.1. The minimum absolute atomic E-state index is 0.00360. The molecule has 0 aliphatic rings. The molecule has 31 heavy (non-hydrogen) atoms. The van der Waals surface area contributed by atoms with Crippen molar-refractivity contribution in [2.45, 2.75) is 26.2 Å². The first-order chi connectivity index (χ1) is 14.8. The Bertz CT molecular complexity index is 1320. The number of hydrogen-bond donors (Lipinski definition) is 1. The van der Waals surface area contributed by atoms with Crippen molar-refractivity contribution in [1.82, 2.24) is 19.7 Å². The Balaban J connectivity index is 1.94. The van der Waals surface area contributed by atoms with Crippen molar-refractivity contribution >= 4 is 50.2 Å². The second kappa shape index (κ2) is 8.65. The summed E-state index contributed by atoms with van der Waals surface area (Å²) >= 11 is 16.4. The van der Waals surface area contributed by atoms with Crippen LogP contribution in [0, 0.1) is 0 Å². The number of aromatic amines is 1. The summed E-state index contributed by atoms with van der Waals surface area (Å²) < 4.78 is 7.60. The molecule has 2 aromatic carbocycles. The van der Waals surface area contributed by atoms with E-state index in [-0.39, 0.29) is 11.5 Å². The lowest BCUT2D eigenvalue weighted by Gasteiger charge is -2.09. The first-order valence-corrected chi connectivity index (χ1v) is 11.1. The number of halogens is 3. The monoisotopic (exact) mass is 520 g/mol. The van der Waals surface area contributed by atoms with Gasteiger partial charge in [0.25, 0.3) is 5.56 Å². The minimum Gasteiger partial charge on any atom is -0.497 e. The summed E-state index contributed by atoms with van der Waals surface area (Å²) in [5.41, 5.74) is 2.23. The molecule has 0 saturated carbocycles. The molecule has 0 unspecified atom stereocenters. The molecule has 0 fully saturated rings. The van der Waals surface area contributed by atoms with Crippen LogP contribution >= 0.6 is 39.1 Å². The van der Waals surface area contributed by atoms with E-state index >= 15 is 0 Å². The highest BCUT2D eigenvalue weighted by atomic mass is 79.9. The Morgan fingerprint density at radius 1 is 1.19 bits per heavy atom. The van der Waals surface area contributed by atoms with E-state index in [0.29, 0.717) is 44.7 Å². The van der Waals surface area contributed by atoms with Gasteiger partial charge in [-0.3, -0.25) is 4.79 Å². The van der Waals surface area contributed by atoms with Crippen LogP contribution in [0.2, 0.25) is 10.0 Å². The zero-order chi connectivity index (χ0) is 22.3. The van der Waals surface area contributed by atoms with Crippen molar-refractivity contribution in [1.29, 1.82) is 0 Å². The van der Waals surface area contributed by atoms with Gasteiger partial charge in [-0.2, -0.15) is 5.10 Å². The summed E-state index contributed by atoms with van der Waals surface area (Å²) in [7, 11) is 1.61. The van der Waals surface area contributed by atoms with E-state index in [9.17, 15) is 4.79 Å². The standard InChI is InChI=1S/C22H19BrCl2N4O2/c1-11(2)19-18-21(29(28-19)20-15(24)9-13(23)10-16(20)25)26-17(27-22(18)30)8-12-5-4-6-14(7-12)31-3/h4-7,9-11H,8H2,1-3H3,(H,26,27,30). The Hall–Kier alpha value is -2.35. The number of nitrogens with one attached hydrogen (secondary N) is 1. The molecule has 6 nitrogen and oxygen atoms in total. The summed E-state index contributed by atoms with van der Waals surface area (Å²) in [6.07, 6.45) is 0.423.